The Hall–Kier alpha value is -1.51. The first-order valence-electron chi connectivity index (χ1n) is 6.60. The van der Waals surface area contributed by atoms with Crippen LogP contribution >= 0.6 is 11.8 Å². The zero-order valence-electron chi connectivity index (χ0n) is 10.7. The molecule has 1 aliphatic heterocycles. The number of hydrogen-bond acceptors (Lipinski definition) is 4. The van der Waals surface area contributed by atoms with Gasteiger partial charge in [0.25, 0.3) is 0 Å². The van der Waals surface area contributed by atoms with Crippen molar-refractivity contribution in [3.8, 4) is 6.07 Å². The van der Waals surface area contributed by atoms with Gasteiger partial charge < -0.3 is 5.32 Å². The summed E-state index contributed by atoms with van der Waals surface area (Å²) < 4.78 is 0. The number of nitrogens with zero attached hydrogens (tertiary/aromatic N) is 2. The van der Waals surface area contributed by atoms with Crippen molar-refractivity contribution in [2.45, 2.75) is 24.6 Å². The van der Waals surface area contributed by atoms with Crippen molar-refractivity contribution >= 4 is 16.9 Å². The molecule has 1 heterocycles. The number of benzene rings is 1. The van der Waals surface area contributed by atoms with Gasteiger partial charge in [-0.25, -0.2) is 4.99 Å². The van der Waals surface area contributed by atoms with Gasteiger partial charge in [0.2, 0.25) is 0 Å². The molecule has 1 unspecified atom stereocenters. The fraction of sp³-hybridized carbons (Fsp3) is 0.429. The quantitative estimate of drug-likeness (QED) is 0.853. The molecule has 0 amide bonds. The van der Waals surface area contributed by atoms with Crippen molar-refractivity contribution < 1.29 is 4.90 Å². The van der Waals surface area contributed by atoms with E-state index < -0.39 is 0 Å². The van der Waals surface area contributed by atoms with Gasteiger partial charge in [-0.15, -0.1) is 0 Å². The minimum atomic E-state index is 0.723. The van der Waals surface area contributed by atoms with Crippen LogP contribution in [0.4, 0.5) is 0 Å². The van der Waals surface area contributed by atoms with E-state index in [-0.39, 0.29) is 0 Å². The van der Waals surface area contributed by atoms with Crippen LogP contribution in [-0.4, -0.2) is 24.5 Å². The molecular formula is C14H17N4S+. The number of hydrogen-bond donors (Lipinski definition) is 2. The van der Waals surface area contributed by atoms with Crippen LogP contribution in [0.15, 0.2) is 29.3 Å². The Morgan fingerprint density at radius 1 is 1.47 bits per heavy atom. The fourth-order valence-corrected chi connectivity index (χ4v) is 3.03. The van der Waals surface area contributed by atoms with Crippen LogP contribution < -0.4 is 10.2 Å². The number of nitrogens with one attached hydrogen (secondary N) is 2. The smallest absolute Gasteiger partial charge is 0.175 e. The van der Waals surface area contributed by atoms with Crippen molar-refractivity contribution in [3.05, 3.63) is 35.4 Å². The number of nitriles is 1. The molecule has 1 fully saturated rings. The van der Waals surface area contributed by atoms with E-state index in [4.69, 9.17) is 5.26 Å². The third-order valence-electron chi connectivity index (χ3n) is 3.48. The first kappa shape index (κ1) is 12.5. The Morgan fingerprint density at radius 2 is 2.37 bits per heavy atom. The third kappa shape index (κ3) is 3.28. The van der Waals surface area contributed by atoms with Crippen molar-refractivity contribution in [1.82, 2.24) is 5.32 Å². The van der Waals surface area contributed by atoms with Gasteiger partial charge in [0, 0.05) is 18.6 Å². The maximum Gasteiger partial charge on any atom is 0.175 e. The molecule has 2 N–H and O–H groups in total. The van der Waals surface area contributed by atoms with Gasteiger partial charge in [-0.1, -0.05) is 23.9 Å². The van der Waals surface area contributed by atoms with Crippen molar-refractivity contribution in [3.63, 3.8) is 0 Å². The number of quaternary nitrogens is 1. The molecule has 0 spiro atoms. The highest BCUT2D eigenvalue weighted by Gasteiger charge is 2.34. The minimum absolute atomic E-state index is 0.723. The third-order valence-corrected chi connectivity index (χ3v) is 4.50. The predicted molar refractivity (Wildman–Crippen MR) is 76.7 cm³/mol. The van der Waals surface area contributed by atoms with E-state index in [1.165, 1.54) is 18.4 Å². The predicted octanol–water partition coefficient (Wildman–Crippen LogP) is 0.713. The van der Waals surface area contributed by atoms with Crippen molar-refractivity contribution in [2.75, 3.05) is 13.3 Å². The lowest BCUT2D eigenvalue weighted by Gasteiger charge is -2.23. The van der Waals surface area contributed by atoms with Crippen LogP contribution in [0, 0.1) is 11.3 Å². The normalized spacial score (nSPS) is 22.3. The highest BCUT2D eigenvalue weighted by atomic mass is 32.2. The summed E-state index contributed by atoms with van der Waals surface area (Å²) in [7, 11) is 0. The van der Waals surface area contributed by atoms with E-state index >= 15 is 0 Å². The van der Waals surface area contributed by atoms with Crippen molar-refractivity contribution in [2.24, 2.45) is 4.99 Å². The first-order valence-corrected chi connectivity index (χ1v) is 7.58. The van der Waals surface area contributed by atoms with Crippen LogP contribution in [0.25, 0.3) is 0 Å². The fourth-order valence-electron chi connectivity index (χ4n) is 2.22. The zero-order valence-corrected chi connectivity index (χ0v) is 11.5. The molecule has 0 bridgehead atoms. The lowest BCUT2D eigenvalue weighted by atomic mass is 10.2. The van der Waals surface area contributed by atoms with Crippen LogP contribution in [0.1, 0.15) is 24.0 Å². The standard InChI is InChI=1S/C14H16N4S/c15-7-11-2-1-3-12(6-11)8-19-14-16-9-18(10-17-14)13-4-5-13/h1-3,6,13H,4-5,8-10H2,(H,16,17)/p+1. The molecule has 1 aromatic rings. The molecule has 0 radical (unpaired) electrons. The highest BCUT2D eigenvalue weighted by molar-refractivity contribution is 8.13. The molecule has 4 nitrogen and oxygen atoms in total. The molecule has 1 aliphatic carbocycles. The van der Waals surface area contributed by atoms with E-state index in [0.29, 0.717) is 0 Å². The Bertz CT molecular complexity index is 530. The molecule has 19 heavy (non-hydrogen) atoms. The molecule has 0 aromatic heterocycles. The second kappa shape index (κ2) is 5.64. The van der Waals surface area contributed by atoms with E-state index in [1.54, 1.807) is 16.7 Å². The van der Waals surface area contributed by atoms with Crippen LogP contribution in [0.5, 0.6) is 0 Å². The minimum Gasteiger partial charge on any atom is -0.318 e. The monoisotopic (exact) mass is 273 g/mol. The summed E-state index contributed by atoms with van der Waals surface area (Å²) in [6.45, 7) is 1.90. The Kier molecular flexibility index (Phi) is 3.72. The average molecular weight is 273 g/mol. The lowest BCUT2D eigenvalue weighted by molar-refractivity contribution is -0.913. The maximum atomic E-state index is 8.87. The SMILES string of the molecule is N#Cc1cccc(CSC2=NC[NH+](C3CC3)CN2)c1. The molecule has 2 aliphatic rings. The topological polar surface area (TPSA) is 52.6 Å². The summed E-state index contributed by atoms with van der Waals surface area (Å²) in [6.07, 6.45) is 2.71. The van der Waals surface area contributed by atoms with Crippen LogP contribution in [0.2, 0.25) is 0 Å². The van der Waals surface area contributed by atoms with Gasteiger partial charge >= 0.3 is 0 Å². The van der Waals surface area contributed by atoms with Gasteiger partial charge in [-0.05, 0) is 17.7 Å². The summed E-state index contributed by atoms with van der Waals surface area (Å²) in [5.74, 6) is 0.861. The summed E-state index contributed by atoms with van der Waals surface area (Å²) >= 11 is 1.72. The Balaban J connectivity index is 1.53. The molecular weight excluding hydrogens is 256 g/mol. The molecule has 1 atom stereocenters. The van der Waals surface area contributed by atoms with Gasteiger partial charge in [0.1, 0.15) is 0 Å². The second-order valence-corrected chi connectivity index (χ2v) is 5.97. The van der Waals surface area contributed by atoms with E-state index in [1.807, 2.05) is 18.2 Å². The van der Waals surface area contributed by atoms with Gasteiger partial charge in [0.05, 0.1) is 17.7 Å². The summed E-state index contributed by atoms with van der Waals surface area (Å²) in [5.41, 5.74) is 1.89. The number of aliphatic imine (C=N–C) groups is 1. The number of rotatable bonds is 3. The van der Waals surface area contributed by atoms with Gasteiger partial charge in [0.15, 0.2) is 18.5 Å². The molecule has 98 valence electrons. The van der Waals surface area contributed by atoms with E-state index in [9.17, 15) is 0 Å². The average Bonchev–Trinajstić information content (AvgIpc) is 3.31. The molecule has 0 saturated heterocycles. The highest BCUT2D eigenvalue weighted by Crippen LogP contribution is 2.17. The van der Waals surface area contributed by atoms with Crippen molar-refractivity contribution in [1.29, 1.82) is 5.26 Å². The van der Waals surface area contributed by atoms with Gasteiger partial charge in [-0.2, -0.15) is 5.26 Å². The second-order valence-electron chi connectivity index (χ2n) is 5.01. The Labute approximate surface area is 117 Å². The van der Waals surface area contributed by atoms with Crippen LogP contribution in [0.3, 0.4) is 0 Å². The number of thioether (sulfide) groups is 1. The summed E-state index contributed by atoms with van der Waals surface area (Å²) in [5, 5.41) is 13.3. The molecule has 3 rings (SSSR count). The zero-order chi connectivity index (χ0) is 13.1. The van der Waals surface area contributed by atoms with Gasteiger partial charge in [-0.3, -0.25) is 4.90 Å². The lowest BCUT2D eigenvalue weighted by Crippen LogP contribution is -3.15. The molecule has 1 saturated carbocycles. The summed E-state index contributed by atoms with van der Waals surface area (Å²) in [6, 6.07) is 10.8. The van der Waals surface area contributed by atoms with Crippen LogP contribution in [-0.2, 0) is 5.75 Å². The Morgan fingerprint density at radius 3 is 3.05 bits per heavy atom. The summed E-state index contributed by atoms with van der Waals surface area (Å²) in [4.78, 5) is 6.16. The first-order chi connectivity index (χ1) is 9.35. The number of amidine groups is 1. The maximum absolute atomic E-state index is 8.87. The van der Waals surface area contributed by atoms with E-state index in [2.05, 4.69) is 22.4 Å². The molecule has 5 heteroatoms. The van der Waals surface area contributed by atoms with E-state index in [0.717, 1.165) is 35.9 Å². The largest absolute Gasteiger partial charge is 0.318 e. The molecule has 1 aromatic carbocycles.